The van der Waals surface area contributed by atoms with Crippen LogP contribution in [0, 0.1) is 5.92 Å². The number of aromatic nitrogens is 2. The molecule has 1 aliphatic heterocycles. The molecule has 248 valence electrons. The molecule has 1 unspecified atom stereocenters. The van der Waals surface area contributed by atoms with Crippen molar-refractivity contribution >= 4 is 45.9 Å². The quantitative estimate of drug-likeness (QED) is 0.117. The topological polar surface area (TPSA) is 67.7 Å². The fourth-order valence-corrected chi connectivity index (χ4v) is 6.85. The molecular weight excluding hydrogens is 643 g/mol. The van der Waals surface area contributed by atoms with E-state index >= 15 is 0 Å². The van der Waals surface area contributed by atoms with Crippen LogP contribution in [-0.4, -0.2) is 70.9 Å². The number of ketones is 1. The van der Waals surface area contributed by atoms with Crippen molar-refractivity contribution in [2.75, 3.05) is 39.8 Å². The number of likely N-dealkylation sites (N-methyl/N-ethyl adjacent to an activating group) is 1. The van der Waals surface area contributed by atoms with E-state index in [9.17, 15) is 9.59 Å². The van der Waals surface area contributed by atoms with Crippen molar-refractivity contribution in [2.24, 2.45) is 5.92 Å². The summed E-state index contributed by atoms with van der Waals surface area (Å²) in [7, 11) is 1.85. The second-order valence-electron chi connectivity index (χ2n) is 12.4. The molecule has 0 aliphatic carbocycles. The number of benzene rings is 4. The number of amides is 1. The van der Waals surface area contributed by atoms with E-state index in [-0.39, 0.29) is 23.5 Å². The molecule has 1 aliphatic rings. The van der Waals surface area contributed by atoms with E-state index in [2.05, 4.69) is 4.90 Å². The number of hydrogen-bond donors (Lipinski definition) is 0. The average molecular weight is 684 g/mol. The van der Waals surface area contributed by atoms with Gasteiger partial charge >= 0.3 is 0 Å². The van der Waals surface area contributed by atoms with Gasteiger partial charge in [0.05, 0.1) is 27.6 Å². The summed E-state index contributed by atoms with van der Waals surface area (Å²) in [6.45, 7) is 4.00. The van der Waals surface area contributed by atoms with Crippen LogP contribution in [0.15, 0.2) is 103 Å². The van der Waals surface area contributed by atoms with Gasteiger partial charge in [-0.05, 0) is 93.0 Å². The van der Waals surface area contributed by atoms with Crippen LogP contribution < -0.4 is 4.74 Å². The second kappa shape index (κ2) is 15.8. The van der Waals surface area contributed by atoms with Crippen molar-refractivity contribution in [1.29, 1.82) is 0 Å². The minimum atomic E-state index is -0.0904. The molecule has 0 spiro atoms. The average Bonchev–Trinajstić information content (AvgIpc) is 3.50. The number of carbonyl (C=O) groups is 2. The third-order valence-electron chi connectivity index (χ3n) is 9.23. The maximum absolute atomic E-state index is 13.9. The molecule has 1 amide bonds. The van der Waals surface area contributed by atoms with Gasteiger partial charge < -0.3 is 19.1 Å². The number of rotatable bonds is 13. The molecular formula is C39H40Cl2N4O3. The lowest BCUT2D eigenvalue weighted by atomic mass is 9.90. The number of hydrogen-bond acceptors (Lipinski definition) is 5. The Bertz CT molecular complexity index is 1840. The first-order valence-electron chi connectivity index (χ1n) is 16.5. The zero-order valence-electron chi connectivity index (χ0n) is 27.1. The molecule has 1 aromatic heterocycles. The minimum absolute atomic E-state index is 0.0161. The summed E-state index contributed by atoms with van der Waals surface area (Å²) in [5.41, 5.74) is 3.48. The van der Waals surface area contributed by atoms with Gasteiger partial charge in [0, 0.05) is 31.0 Å². The van der Waals surface area contributed by atoms with Crippen molar-refractivity contribution in [1.82, 2.24) is 19.4 Å². The van der Waals surface area contributed by atoms with Crippen LogP contribution in [0.1, 0.15) is 51.7 Å². The first-order valence-corrected chi connectivity index (χ1v) is 17.3. The van der Waals surface area contributed by atoms with Crippen LogP contribution in [0.4, 0.5) is 0 Å². The van der Waals surface area contributed by atoms with E-state index in [1.807, 2.05) is 115 Å². The number of ether oxygens (including phenoxy) is 1. The Morgan fingerprint density at radius 1 is 0.875 bits per heavy atom. The predicted octanol–water partition coefficient (Wildman–Crippen LogP) is 8.26. The van der Waals surface area contributed by atoms with Gasteiger partial charge in [-0.1, -0.05) is 77.8 Å². The molecule has 1 saturated heterocycles. The number of likely N-dealkylation sites (tertiary alicyclic amines) is 1. The van der Waals surface area contributed by atoms with E-state index in [4.69, 9.17) is 32.9 Å². The number of para-hydroxylation sites is 3. The van der Waals surface area contributed by atoms with Crippen LogP contribution in [0.5, 0.6) is 5.75 Å². The summed E-state index contributed by atoms with van der Waals surface area (Å²) in [6, 6.07) is 32.7. The van der Waals surface area contributed by atoms with Gasteiger partial charge in [-0.25, -0.2) is 4.98 Å². The maximum atomic E-state index is 13.9. The van der Waals surface area contributed by atoms with Crippen molar-refractivity contribution < 1.29 is 14.3 Å². The molecule has 5 aromatic rings. The monoisotopic (exact) mass is 682 g/mol. The van der Waals surface area contributed by atoms with Crippen molar-refractivity contribution in [2.45, 2.75) is 31.7 Å². The lowest BCUT2D eigenvalue weighted by molar-refractivity contribution is 0.0779. The molecule has 4 aromatic carbocycles. The lowest BCUT2D eigenvalue weighted by Gasteiger charge is -2.33. The van der Waals surface area contributed by atoms with Gasteiger partial charge in [0.15, 0.2) is 5.82 Å². The Morgan fingerprint density at radius 3 is 2.29 bits per heavy atom. The summed E-state index contributed by atoms with van der Waals surface area (Å²) in [5.74, 6) is 1.37. The summed E-state index contributed by atoms with van der Waals surface area (Å²) < 4.78 is 7.99. The van der Waals surface area contributed by atoms with Crippen LogP contribution in [0.2, 0.25) is 10.0 Å². The van der Waals surface area contributed by atoms with Crippen molar-refractivity contribution in [3.63, 3.8) is 0 Å². The number of fused-ring (bicyclic) bond motifs is 1. The SMILES string of the molecule is CN(CC(CCN1CCC(C(=O)c2nc3ccccc3n2CCOc2ccccc2)CC1)c1ccc(Cl)c(Cl)c1)C(=O)c1ccccc1. The van der Waals surface area contributed by atoms with E-state index < -0.39 is 0 Å². The molecule has 6 rings (SSSR count). The Balaban J connectivity index is 1.09. The molecule has 7 nitrogen and oxygen atoms in total. The van der Waals surface area contributed by atoms with Gasteiger partial charge in [0.2, 0.25) is 5.78 Å². The van der Waals surface area contributed by atoms with Crippen molar-refractivity contribution in [3.8, 4) is 5.75 Å². The van der Waals surface area contributed by atoms with Crippen LogP contribution in [-0.2, 0) is 6.54 Å². The van der Waals surface area contributed by atoms with Gasteiger partial charge in [0.25, 0.3) is 5.91 Å². The number of nitrogens with zero attached hydrogens (tertiary/aromatic N) is 4. The van der Waals surface area contributed by atoms with Gasteiger partial charge in [-0.3, -0.25) is 9.59 Å². The maximum Gasteiger partial charge on any atom is 0.253 e. The number of piperidine rings is 1. The van der Waals surface area contributed by atoms with Gasteiger partial charge in [-0.2, -0.15) is 0 Å². The largest absolute Gasteiger partial charge is 0.492 e. The standard InChI is InChI=1S/C39H40Cl2N4O3/c1-43(39(47)29-10-4-2-5-11-29)27-31(30-16-17-33(40)34(41)26-30)20-23-44-21-18-28(19-22-44)37(46)38-42-35-14-8-9-15-36(35)45(38)24-25-48-32-12-6-3-7-13-32/h2-17,26,28,31H,18-25,27H2,1H3. The fourth-order valence-electron chi connectivity index (χ4n) is 6.55. The third-order valence-corrected chi connectivity index (χ3v) is 9.97. The van der Waals surface area contributed by atoms with E-state index in [1.165, 1.54) is 0 Å². The minimum Gasteiger partial charge on any atom is -0.492 e. The molecule has 1 fully saturated rings. The van der Waals surface area contributed by atoms with E-state index in [0.29, 0.717) is 41.1 Å². The zero-order chi connectivity index (χ0) is 33.5. The summed E-state index contributed by atoms with van der Waals surface area (Å²) in [5, 5.41) is 1.02. The summed E-state index contributed by atoms with van der Waals surface area (Å²) in [4.78, 5) is 36.1. The van der Waals surface area contributed by atoms with Crippen LogP contribution >= 0.6 is 23.2 Å². The Kier molecular flexibility index (Phi) is 11.1. The second-order valence-corrected chi connectivity index (χ2v) is 13.2. The fraction of sp³-hybridized carbons (Fsp3) is 0.308. The van der Waals surface area contributed by atoms with Crippen LogP contribution in [0.3, 0.4) is 0 Å². The smallest absolute Gasteiger partial charge is 0.253 e. The molecule has 48 heavy (non-hydrogen) atoms. The highest BCUT2D eigenvalue weighted by Crippen LogP contribution is 2.30. The third kappa shape index (κ3) is 8.09. The molecule has 0 bridgehead atoms. The number of carbonyl (C=O) groups excluding carboxylic acids is 2. The Hall–Kier alpha value is -4.17. The first kappa shape index (κ1) is 33.7. The van der Waals surface area contributed by atoms with Gasteiger partial charge in [-0.15, -0.1) is 0 Å². The number of imidazole rings is 1. The molecule has 1 atom stereocenters. The zero-order valence-corrected chi connectivity index (χ0v) is 28.6. The van der Waals surface area contributed by atoms with Gasteiger partial charge in [0.1, 0.15) is 12.4 Å². The van der Waals surface area contributed by atoms with E-state index in [1.54, 1.807) is 4.90 Å². The first-order chi connectivity index (χ1) is 23.4. The normalized spacial score (nSPS) is 14.6. The molecule has 0 radical (unpaired) electrons. The molecule has 9 heteroatoms. The molecule has 2 heterocycles. The Labute approximate surface area is 292 Å². The lowest BCUT2D eigenvalue weighted by Crippen LogP contribution is -2.39. The highest BCUT2D eigenvalue weighted by molar-refractivity contribution is 6.42. The predicted molar refractivity (Wildman–Crippen MR) is 192 cm³/mol. The highest BCUT2D eigenvalue weighted by atomic mass is 35.5. The summed E-state index contributed by atoms with van der Waals surface area (Å²) in [6.07, 6.45) is 2.37. The molecule has 0 N–H and O–H groups in total. The number of Topliss-reactive ketones (excluding diaryl/α,β-unsaturated/α-hetero) is 1. The Morgan fingerprint density at radius 2 is 1.56 bits per heavy atom. The highest BCUT2D eigenvalue weighted by Gasteiger charge is 2.30. The van der Waals surface area contributed by atoms with Crippen LogP contribution in [0.25, 0.3) is 11.0 Å². The van der Waals surface area contributed by atoms with Crippen molar-refractivity contribution in [3.05, 3.63) is 130 Å². The number of halogens is 2. The molecule has 0 saturated carbocycles. The van der Waals surface area contributed by atoms with E-state index in [0.717, 1.165) is 61.2 Å². The summed E-state index contributed by atoms with van der Waals surface area (Å²) >= 11 is 12.7.